The summed E-state index contributed by atoms with van der Waals surface area (Å²) in [5.41, 5.74) is 2.05. The number of halogens is 2. The zero-order valence-corrected chi connectivity index (χ0v) is 23.4. The molecule has 2 aromatic heterocycles. The third kappa shape index (κ3) is 6.38. The Morgan fingerprint density at radius 1 is 1.13 bits per heavy atom. The second-order valence-corrected chi connectivity index (χ2v) is 10.5. The Morgan fingerprint density at radius 2 is 1.84 bits per heavy atom. The number of nitrogens with zero attached hydrogens (tertiary/aromatic N) is 5. The van der Waals surface area contributed by atoms with Gasteiger partial charge in [0.25, 0.3) is 0 Å². The van der Waals surface area contributed by atoms with Gasteiger partial charge in [-0.1, -0.05) is 25.1 Å². The van der Waals surface area contributed by atoms with Gasteiger partial charge in [0.2, 0.25) is 5.88 Å². The summed E-state index contributed by atoms with van der Waals surface area (Å²) in [6.07, 6.45) is 0.660. The predicted octanol–water partition coefficient (Wildman–Crippen LogP) is 5.82. The predicted molar refractivity (Wildman–Crippen MR) is 148 cm³/mol. The highest BCUT2D eigenvalue weighted by Crippen LogP contribution is 2.37. The van der Waals surface area contributed by atoms with Crippen molar-refractivity contribution in [3.05, 3.63) is 52.6 Å². The summed E-state index contributed by atoms with van der Waals surface area (Å²) in [4.78, 5) is 18.7. The number of piperidine rings is 1. The number of pyridine rings is 1. The summed E-state index contributed by atoms with van der Waals surface area (Å²) in [7, 11) is 4.03. The summed E-state index contributed by atoms with van der Waals surface area (Å²) >= 11 is 0. The van der Waals surface area contributed by atoms with E-state index in [4.69, 9.17) is 9.72 Å². The van der Waals surface area contributed by atoms with E-state index in [0.717, 1.165) is 50.0 Å². The van der Waals surface area contributed by atoms with Crippen molar-refractivity contribution in [2.45, 2.75) is 58.7 Å². The van der Waals surface area contributed by atoms with Gasteiger partial charge in [-0.05, 0) is 79.3 Å². The summed E-state index contributed by atoms with van der Waals surface area (Å²) in [6.45, 7) is 11.6. The molecule has 1 aromatic carbocycles. The number of likely N-dealkylation sites (tertiary alicyclic amines) is 1. The van der Waals surface area contributed by atoms with Crippen LogP contribution in [0.25, 0.3) is 11.0 Å². The Balaban J connectivity index is 1.72. The van der Waals surface area contributed by atoms with Gasteiger partial charge in [-0.25, -0.2) is 18.7 Å². The molecule has 1 fully saturated rings. The molecule has 7 nitrogen and oxygen atoms in total. The number of hydrogen-bond acceptors (Lipinski definition) is 7. The van der Waals surface area contributed by atoms with Gasteiger partial charge >= 0.3 is 0 Å². The van der Waals surface area contributed by atoms with Crippen LogP contribution in [-0.4, -0.2) is 71.6 Å². The molecule has 2 atom stereocenters. The highest BCUT2D eigenvalue weighted by molar-refractivity contribution is 5.88. The number of aromatic nitrogens is 3. The van der Waals surface area contributed by atoms with E-state index in [-0.39, 0.29) is 5.56 Å². The molecule has 0 radical (unpaired) electrons. The lowest BCUT2D eigenvalue weighted by atomic mass is 9.89. The third-order valence-electron chi connectivity index (χ3n) is 7.35. The molecule has 1 saturated heterocycles. The van der Waals surface area contributed by atoms with Crippen LogP contribution in [0.5, 0.6) is 5.88 Å². The molecule has 38 heavy (non-hydrogen) atoms. The average molecular weight is 527 g/mol. The SMILES string of the molecule is CCN1CCC(c2cc3c(N[C@H](C)c4cccc(C(C)F)c4F)nc(C)nc3nc2OCCN(C)C)CC1. The van der Waals surface area contributed by atoms with Crippen molar-refractivity contribution in [3.63, 3.8) is 0 Å². The van der Waals surface area contributed by atoms with Crippen molar-refractivity contribution in [3.8, 4) is 5.88 Å². The van der Waals surface area contributed by atoms with Crippen LogP contribution in [0.4, 0.5) is 14.6 Å². The second kappa shape index (κ2) is 12.3. The van der Waals surface area contributed by atoms with Crippen molar-refractivity contribution in [2.75, 3.05) is 52.2 Å². The monoisotopic (exact) mass is 526 g/mol. The van der Waals surface area contributed by atoms with E-state index in [1.807, 2.05) is 27.9 Å². The van der Waals surface area contributed by atoms with Gasteiger partial charge in [0.1, 0.15) is 30.2 Å². The fourth-order valence-electron chi connectivity index (χ4n) is 5.06. The zero-order valence-electron chi connectivity index (χ0n) is 23.4. The van der Waals surface area contributed by atoms with Crippen LogP contribution in [-0.2, 0) is 0 Å². The fourth-order valence-corrected chi connectivity index (χ4v) is 5.06. The quantitative estimate of drug-likeness (QED) is 0.357. The maximum atomic E-state index is 15.1. The van der Waals surface area contributed by atoms with Crippen molar-refractivity contribution < 1.29 is 13.5 Å². The van der Waals surface area contributed by atoms with Gasteiger partial charge in [0.15, 0.2) is 5.65 Å². The number of alkyl halides is 1. The van der Waals surface area contributed by atoms with Crippen LogP contribution in [0.2, 0.25) is 0 Å². The first kappa shape index (κ1) is 28.1. The molecule has 0 bridgehead atoms. The summed E-state index contributed by atoms with van der Waals surface area (Å²) in [5.74, 6) is 1.54. The normalized spacial score (nSPS) is 16.7. The lowest BCUT2D eigenvalue weighted by Gasteiger charge is -2.32. The minimum absolute atomic E-state index is 0.0572. The topological polar surface area (TPSA) is 66.4 Å². The number of rotatable bonds is 10. The molecule has 1 unspecified atom stereocenters. The van der Waals surface area contributed by atoms with E-state index < -0.39 is 18.0 Å². The molecule has 1 aliphatic heterocycles. The maximum absolute atomic E-state index is 15.1. The minimum atomic E-state index is -1.39. The number of nitrogens with one attached hydrogen (secondary N) is 1. The average Bonchev–Trinajstić information content (AvgIpc) is 2.88. The molecule has 1 N–H and O–H groups in total. The molecule has 0 aliphatic carbocycles. The van der Waals surface area contributed by atoms with Gasteiger partial charge in [0.05, 0.1) is 11.4 Å². The first-order valence-electron chi connectivity index (χ1n) is 13.6. The van der Waals surface area contributed by atoms with Gasteiger partial charge in [0, 0.05) is 23.2 Å². The fraction of sp³-hybridized carbons (Fsp3) is 0.552. The molecule has 1 aliphatic rings. The maximum Gasteiger partial charge on any atom is 0.218 e. The Kier molecular flexibility index (Phi) is 9.10. The summed E-state index contributed by atoms with van der Waals surface area (Å²) < 4.78 is 35.3. The largest absolute Gasteiger partial charge is 0.476 e. The van der Waals surface area contributed by atoms with Crippen LogP contribution >= 0.6 is 0 Å². The Bertz CT molecular complexity index is 1240. The molecule has 0 amide bonds. The van der Waals surface area contributed by atoms with Crippen molar-refractivity contribution in [1.29, 1.82) is 0 Å². The number of fused-ring (bicyclic) bond motifs is 1. The molecule has 0 spiro atoms. The first-order valence-corrected chi connectivity index (χ1v) is 13.6. The Morgan fingerprint density at radius 3 is 2.50 bits per heavy atom. The Hall–Kier alpha value is -2.91. The van der Waals surface area contributed by atoms with Crippen molar-refractivity contribution in [2.24, 2.45) is 0 Å². The van der Waals surface area contributed by atoms with Crippen molar-refractivity contribution in [1.82, 2.24) is 24.8 Å². The van der Waals surface area contributed by atoms with Crippen molar-refractivity contribution >= 4 is 16.9 Å². The molecule has 9 heteroatoms. The lowest BCUT2D eigenvalue weighted by molar-refractivity contribution is 0.215. The Labute approximate surface area is 224 Å². The molecule has 3 heterocycles. The van der Waals surface area contributed by atoms with Crippen LogP contribution < -0.4 is 10.1 Å². The van der Waals surface area contributed by atoms with E-state index in [0.29, 0.717) is 41.3 Å². The van der Waals surface area contributed by atoms with E-state index in [9.17, 15) is 4.39 Å². The van der Waals surface area contributed by atoms with E-state index in [1.165, 1.54) is 13.0 Å². The standard InChI is InChI=1S/C29H40F2N6O/c1-7-37-13-11-21(12-14-37)24-17-25-27(32-19(3)23-10-8-9-22(18(2)30)26(23)31)33-20(4)34-28(25)35-29(24)38-16-15-36(5)6/h8-10,17-19,21H,7,11-16H2,1-6H3,(H,32,33,34,35)/t18?,19-/m1/s1. The van der Waals surface area contributed by atoms with Crippen LogP contribution in [0.15, 0.2) is 24.3 Å². The molecule has 0 saturated carbocycles. The van der Waals surface area contributed by atoms with E-state index >= 15 is 4.39 Å². The van der Waals surface area contributed by atoms with Gasteiger partial charge in [-0.15, -0.1) is 0 Å². The van der Waals surface area contributed by atoms with Gasteiger partial charge in [-0.2, -0.15) is 4.98 Å². The molecule has 3 aromatic rings. The summed E-state index contributed by atoms with van der Waals surface area (Å²) in [6, 6.07) is 6.50. The van der Waals surface area contributed by atoms with Gasteiger partial charge in [-0.3, -0.25) is 0 Å². The van der Waals surface area contributed by atoms with E-state index in [1.54, 1.807) is 12.1 Å². The number of ether oxygens (including phenoxy) is 1. The van der Waals surface area contributed by atoms with E-state index in [2.05, 4.69) is 38.1 Å². The minimum Gasteiger partial charge on any atom is -0.476 e. The molecule has 4 rings (SSSR count). The van der Waals surface area contributed by atoms with Crippen LogP contribution in [0.1, 0.15) is 74.3 Å². The highest BCUT2D eigenvalue weighted by Gasteiger charge is 2.26. The lowest BCUT2D eigenvalue weighted by Crippen LogP contribution is -2.32. The zero-order chi connectivity index (χ0) is 27.4. The van der Waals surface area contributed by atoms with Crippen LogP contribution in [0, 0.1) is 12.7 Å². The highest BCUT2D eigenvalue weighted by atomic mass is 19.1. The third-order valence-corrected chi connectivity index (χ3v) is 7.35. The number of likely N-dealkylation sites (N-methyl/N-ethyl adjacent to an activating group) is 1. The smallest absolute Gasteiger partial charge is 0.218 e. The molecular weight excluding hydrogens is 486 g/mol. The second-order valence-electron chi connectivity index (χ2n) is 10.5. The molecular formula is C29H40F2N6O. The number of anilines is 1. The number of benzene rings is 1. The first-order chi connectivity index (χ1) is 18.2. The molecule has 206 valence electrons. The summed E-state index contributed by atoms with van der Waals surface area (Å²) in [5, 5.41) is 4.13. The van der Waals surface area contributed by atoms with Crippen LogP contribution in [0.3, 0.4) is 0 Å². The number of hydrogen-bond donors (Lipinski definition) is 1. The number of aryl methyl sites for hydroxylation is 1. The van der Waals surface area contributed by atoms with Gasteiger partial charge < -0.3 is 19.9 Å².